The van der Waals surface area contributed by atoms with E-state index < -0.39 is 0 Å². The number of carbonyl (C=O) groups is 1. The molecule has 2 aromatic rings. The van der Waals surface area contributed by atoms with E-state index in [1.165, 1.54) is 35.1 Å². The molecule has 1 N–H and O–H groups in total. The highest BCUT2D eigenvalue weighted by molar-refractivity contribution is 7.17. The summed E-state index contributed by atoms with van der Waals surface area (Å²) in [6, 6.07) is 2.85. The minimum atomic E-state index is -0.135. The van der Waals surface area contributed by atoms with E-state index >= 15 is 0 Å². The van der Waals surface area contributed by atoms with Gasteiger partial charge in [-0.1, -0.05) is 0 Å². The molecule has 23 heavy (non-hydrogen) atoms. The van der Waals surface area contributed by atoms with Gasteiger partial charge in [-0.05, 0) is 37.1 Å². The van der Waals surface area contributed by atoms with E-state index in [1.54, 1.807) is 0 Å². The standard InChI is InChI=1S/C16H20N4O2S/c21-14(18-11-3-6-19(7-4-11)12-1-2-12)9-20-10-17-13-5-8-23-15(13)16(20)22/h5,8,10-12H,1-4,6-7,9H2,(H,18,21). The maximum absolute atomic E-state index is 12.3. The Balaban J connectivity index is 1.35. The molecule has 0 radical (unpaired) electrons. The molecule has 1 amide bonds. The van der Waals surface area contributed by atoms with Gasteiger partial charge < -0.3 is 10.2 Å². The fraction of sp³-hybridized carbons (Fsp3) is 0.562. The van der Waals surface area contributed by atoms with Crippen LogP contribution in [0.4, 0.5) is 0 Å². The molecule has 0 bridgehead atoms. The van der Waals surface area contributed by atoms with Gasteiger partial charge in [0.25, 0.3) is 5.56 Å². The lowest BCUT2D eigenvalue weighted by molar-refractivity contribution is -0.122. The average Bonchev–Trinajstić information content (AvgIpc) is 3.28. The summed E-state index contributed by atoms with van der Waals surface area (Å²) in [6.07, 6.45) is 6.13. The van der Waals surface area contributed by atoms with Crippen molar-refractivity contribution < 1.29 is 4.79 Å². The first-order valence-corrected chi connectivity index (χ1v) is 9.05. The molecule has 0 spiro atoms. The van der Waals surface area contributed by atoms with Crippen LogP contribution in [0.1, 0.15) is 25.7 Å². The molecule has 1 saturated carbocycles. The molecule has 0 unspecified atom stereocenters. The van der Waals surface area contributed by atoms with Crippen molar-refractivity contribution >= 4 is 27.5 Å². The molecule has 2 aromatic heterocycles. The van der Waals surface area contributed by atoms with Crippen LogP contribution in [0.3, 0.4) is 0 Å². The highest BCUT2D eigenvalue weighted by Gasteiger charge is 2.32. The lowest BCUT2D eigenvalue weighted by Crippen LogP contribution is -2.46. The molecule has 2 aliphatic rings. The highest BCUT2D eigenvalue weighted by atomic mass is 32.1. The van der Waals surface area contributed by atoms with E-state index in [0.717, 1.165) is 32.0 Å². The van der Waals surface area contributed by atoms with Gasteiger partial charge in [-0.15, -0.1) is 11.3 Å². The Kier molecular flexibility index (Phi) is 3.90. The number of nitrogens with zero attached hydrogens (tertiary/aromatic N) is 3. The van der Waals surface area contributed by atoms with Crippen molar-refractivity contribution in [3.63, 3.8) is 0 Å². The van der Waals surface area contributed by atoms with Crippen molar-refractivity contribution in [1.82, 2.24) is 19.8 Å². The zero-order valence-corrected chi connectivity index (χ0v) is 13.7. The van der Waals surface area contributed by atoms with E-state index in [4.69, 9.17) is 0 Å². The second-order valence-electron chi connectivity index (χ2n) is 6.42. The van der Waals surface area contributed by atoms with E-state index in [1.807, 2.05) is 11.4 Å². The lowest BCUT2D eigenvalue weighted by Gasteiger charge is -2.32. The fourth-order valence-electron chi connectivity index (χ4n) is 3.27. The van der Waals surface area contributed by atoms with Crippen LogP contribution in [-0.2, 0) is 11.3 Å². The quantitative estimate of drug-likeness (QED) is 0.914. The summed E-state index contributed by atoms with van der Waals surface area (Å²) in [4.78, 5) is 31.3. The van der Waals surface area contributed by atoms with E-state index in [0.29, 0.717) is 10.2 Å². The smallest absolute Gasteiger partial charge is 0.271 e. The Bertz CT molecular complexity index is 772. The van der Waals surface area contributed by atoms with Gasteiger partial charge in [-0.2, -0.15) is 0 Å². The number of fused-ring (bicyclic) bond motifs is 1. The zero-order chi connectivity index (χ0) is 15.8. The Hall–Kier alpha value is -1.73. The molecular weight excluding hydrogens is 312 g/mol. The molecule has 0 aromatic carbocycles. The molecule has 6 nitrogen and oxygen atoms in total. The predicted molar refractivity (Wildman–Crippen MR) is 89.6 cm³/mol. The third-order valence-electron chi connectivity index (χ3n) is 4.71. The van der Waals surface area contributed by atoms with Crippen LogP contribution in [0.15, 0.2) is 22.6 Å². The Labute approximate surface area is 138 Å². The number of likely N-dealkylation sites (tertiary alicyclic amines) is 1. The maximum Gasteiger partial charge on any atom is 0.271 e. The van der Waals surface area contributed by atoms with E-state index in [9.17, 15) is 9.59 Å². The van der Waals surface area contributed by atoms with Crippen LogP contribution >= 0.6 is 11.3 Å². The second-order valence-corrected chi connectivity index (χ2v) is 7.34. The summed E-state index contributed by atoms with van der Waals surface area (Å²) in [5.41, 5.74) is 0.563. The fourth-order valence-corrected chi connectivity index (χ4v) is 4.06. The van der Waals surface area contributed by atoms with Crippen LogP contribution in [0, 0.1) is 0 Å². The Morgan fingerprint density at radius 3 is 2.83 bits per heavy atom. The number of amides is 1. The molecule has 1 saturated heterocycles. The summed E-state index contributed by atoms with van der Waals surface area (Å²) >= 11 is 1.37. The van der Waals surface area contributed by atoms with Crippen molar-refractivity contribution in [3.05, 3.63) is 28.1 Å². The largest absolute Gasteiger partial charge is 0.352 e. The number of thiophene rings is 1. The van der Waals surface area contributed by atoms with Crippen molar-refractivity contribution in [3.8, 4) is 0 Å². The first kappa shape index (κ1) is 14.8. The van der Waals surface area contributed by atoms with Gasteiger partial charge in [-0.3, -0.25) is 14.2 Å². The molecule has 2 fully saturated rings. The molecule has 0 atom stereocenters. The predicted octanol–water partition coefficient (Wildman–Crippen LogP) is 1.20. The summed E-state index contributed by atoms with van der Waals surface area (Å²) in [5, 5.41) is 4.91. The van der Waals surface area contributed by atoms with Crippen molar-refractivity contribution in [2.24, 2.45) is 0 Å². The SMILES string of the molecule is O=C(Cn1cnc2ccsc2c1=O)NC1CCN(C2CC2)CC1. The van der Waals surface area contributed by atoms with Gasteiger partial charge >= 0.3 is 0 Å². The normalized spacial score (nSPS) is 20.0. The number of hydrogen-bond donors (Lipinski definition) is 1. The molecule has 4 rings (SSSR count). The maximum atomic E-state index is 12.3. The van der Waals surface area contributed by atoms with Gasteiger partial charge in [0.15, 0.2) is 0 Å². The minimum absolute atomic E-state index is 0.0442. The first-order chi connectivity index (χ1) is 11.2. The summed E-state index contributed by atoms with van der Waals surface area (Å²) in [6.45, 7) is 2.18. The molecule has 1 aliphatic carbocycles. The first-order valence-electron chi connectivity index (χ1n) is 8.17. The number of aromatic nitrogens is 2. The monoisotopic (exact) mass is 332 g/mol. The third kappa shape index (κ3) is 3.16. The van der Waals surface area contributed by atoms with Crippen LogP contribution in [-0.4, -0.2) is 45.5 Å². The average molecular weight is 332 g/mol. The Morgan fingerprint density at radius 1 is 1.30 bits per heavy atom. The number of nitrogens with one attached hydrogen (secondary N) is 1. The van der Waals surface area contributed by atoms with Gasteiger partial charge in [0.1, 0.15) is 11.2 Å². The summed E-state index contributed by atoms with van der Waals surface area (Å²) in [7, 11) is 0. The Morgan fingerprint density at radius 2 is 2.09 bits per heavy atom. The van der Waals surface area contributed by atoms with Gasteiger partial charge in [0.2, 0.25) is 5.91 Å². The van der Waals surface area contributed by atoms with Gasteiger partial charge in [0.05, 0.1) is 11.8 Å². The molecule has 122 valence electrons. The number of carbonyl (C=O) groups excluding carboxylic acids is 1. The van der Waals surface area contributed by atoms with Crippen molar-refractivity contribution in [1.29, 1.82) is 0 Å². The van der Waals surface area contributed by atoms with Gasteiger partial charge in [0, 0.05) is 25.2 Å². The minimum Gasteiger partial charge on any atom is -0.352 e. The summed E-state index contributed by atoms with van der Waals surface area (Å²) < 4.78 is 2.01. The number of rotatable bonds is 4. The number of piperidine rings is 1. The summed E-state index contributed by atoms with van der Waals surface area (Å²) in [5.74, 6) is -0.102. The van der Waals surface area contributed by atoms with E-state index in [2.05, 4.69) is 15.2 Å². The topological polar surface area (TPSA) is 67.2 Å². The molecule has 3 heterocycles. The van der Waals surface area contributed by atoms with Crippen molar-refractivity contribution in [2.75, 3.05) is 13.1 Å². The van der Waals surface area contributed by atoms with Crippen LogP contribution in [0.2, 0.25) is 0 Å². The second kappa shape index (κ2) is 6.05. The van der Waals surface area contributed by atoms with Crippen LogP contribution in [0.25, 0.3) is 10.2 Å². The van der Waals surface area contributed by atoms with Gasteiger partial charge in [-0.25, -0.2) is 4.98 Å². The van der Waals surface area contributed by atoms with E-state index in [-0.39, 0.29) is 24.1 Å². The molecular formula is C16H20N4O2S. The lowest BCUT2D eigenvalue weighted by atomic mass is 10.0. The highest BCUT2D eigenvalue weighted by Crippen LogP contribution is 2.29. The van der Waals surface area contributed by atoms with Crippen LogP contribution in [0.5, 0.6) is 0 Å². The zero-order valence-electron chi connectivity index (χ0n) is 12.9. The number of hydrogen-bond acceptors (Lipinski definition) is 5. The van der Waals surface area contributed by atoms with Crippen LogP contribution < -0.4 is 10.9 Å². The van der Waals surface area contributed by atoms with Crippen molar-refractivity contribution in [2.45, 2.75) is 44.3 Å². The molecule has 1 aliphatic heterocycles. The molecule has 7 heteroatoms. The third-order valence-corrected chi connectivity index (χ3v) is 5.60.